The van der Waals surface area contributed by atoms with E-state index in [1.165, 1.54) is 0 Å². The third-order valence-electron chi connectivity index (χ3n) is 3.76. The minimum Gasteiger partial charge on any atom is -0.378 e. The van der Waals surface area contributed by atoms with Gasteiger partial charge in [0.2, 0.25) is 0 Å². The summed E-state index contributed by atoms with van der Waals surface area (Å²) in [7, 11) is 0. The van der Waals surface area contributed by atoms with Crippen molar-refractivity contribution in [3.63, 3.8) is 0 Å². The monoisotopic (exact) mass is 288 g/mol. The number of rotatable bonds is 4. The molecule has 6 heteroatoms. The molecule has 1 saturated heterocycles. The predicted molar refractivity (Wildman–Crippen MR) is 77.7 cm³/mol. The quantitative estimate of drug-likeness (QED) is 0.656. The molecule has 0 radical (unpaired) electrons. The van der Waals surface area contributed by atoms with E-state index < -0.39 is 11.1 Å². The first-order valence-electron chi connectivity index (χ1n) is 7.04. The molecule has 0 bridgehead atoms. The fraction of sp³-hybridized carbons (Fsp3) is 0.400. The van der Waals surface area contributed by atoms with Crippen LogP contribution in [0.2, 0.25) is 0 Å². The van der Waals surface area contributed by atoms with E-state index in [9.17, 15) is 14.4 Å². The van der Waals surface area contributed by atoms with Gasteiger partial charge in [-0.2, -0.15) is 0 Å². The van der Waals surface area contributed by atoms with Gasteiger partial charge < -0.3 is 14.7 Å². The van der Waals surface area contributed by atoms with Gasteiger partial charge in [-0.05, 0) is 37.5 Å². The van der Waals surface area contributed by atoms with Crippen LogP contribution < -0.4 is 11.1 Å². The Morgan fingerprint density at radius 3 is 2.67 bits per heavy atom. The van der Waals surface area contributed by atoms with Gasteiger partial charge in [0.1, 0.15) is 0 Å². The van der Waals surface area contributed by atoms with E-state index >= 15 is 0 Å². The summed E-state index contributed by atoms with van der Waals surface area (Å²) in [5, 5.41) is 0. The van der Waals surface area contributed by atoms with Crippen molar-refractivity contribution in [2.45, 2.75) is 31.8 Å². The number of ether oxygens (including phenoxy) is 1. The SMILES string of the molecule is O=C(CCC1CCCO1)c1ccc2[nH]c(=O)c(=O)[nH]c2c1. The molecular weight excluding hydrogens is 272 g/mol. The van der Waals surface area contributed by atoms with E-state index in [0.717, 1.165) is 25.9 Å². The van der Waals surface area contributed by atoms with Gasteiger partial charge in [-0.1, -0.05) is 0 Å². The third-order valence-corrected chi connectivity index (χ3v) is 3.76. The molecule has 1 aliphatic rings. The van der Waals surface area contributed by atoms with Gasteiger partial charge in [-0.3, -0.25) is 14.4 Å². The summed E-state index contributed by atoms with van der Waals surface area (Å²) in [4.78, 5) is 39.7. The Morgan fingerprint density at radius 1 is 1.19 bits per heavy atom. The first kappa shape index (κ1) is 13.8. The summed E-state index contributed by atoms with van der Waals surface area (Å²) >= 11 is 0. The highest BCUT2D eigenvalue weighted by Crippen LogP contribution is 2.19. The summed E-state index contributed by atoms with van der Waals surface area (Å²) in [6, 6.07) is 4.89. The molecule has 0 aliphatic carbocycles. The lowest BCUT2D eigenvalue weighted by Crippen LogP contribution is -2.28. The standard InChI is InChI=1S/C15H16N2O4/c18-13(6-4-10-2-1-7-21-10)9-3-5-11-12(8-9)17-15(20)14(19)16-11/h3,5,8,10H,1-2,4,6-7H2,(H,16,19)(H,17,20). The Balaban J connectivity index is 1.79. The molecule has 0 amide bonds. The van der Waals surface area contributed by atoms with Crippen molar-refractivity contribution in [3.05, 3.63) is 44.5 Å². The highest BCUT2D eigenvalue weighted by atomic mass is 16.5. The maximum absolute atomic E-state index is 12.2. The largest absolute Gasteiger partial charge is 0.378 e. The number of hydrogen-bond donors (Lipinski definition) is 2. The van der Waals surface area contributed by atoms with Crippen LogP contribution in [0.15, 0.2) is 27.8 Å². The van der Waals surface area contributed by atoms with Crippen LogP contribution in [-0.2, 0) is 4.74 Å². The molecule has 1 aromatic carbocycles. The number of aromatic nitrogens is 2. The lowest BCUT2D eigenvalue weighted by Gasteiger charge is -2.08. The second kappa shape index (κ2) is 5.65. The summed E-state index contributed by atoms with van der Waals surface area (Å²) in [6.45, 7) is 0.781. The Kier molecular flexibility index (Phi) is 3.70. The van der Waals surface area contributed by atoms with Crippen LogP contribution in [0, 0.1) is 0 Å². The van der Waals surface area contributed by atoms with Crippen molar-refractivity contribution < 1.29 is 9.53 Å². The smallest absolute Gasteiger partial charge is 0.314 e. The number of carbonyl (C=O) groups is 1. The van der Waals surface area contributed by atoms with E-state index in [4.69, 9.17) is 4.74 Å². The normalized spacial score (nSPS) is 18.2. The maximum atomic E-state index is 12.2. The molecule has 2 aromatic rings. The lowest BCUT2D eigenvalue weighted by molar-refractivity contribution is 0.0859. The van der Waals surface area contributed by atoms with Crippen molar-refractivity contribution in [1.29, 1.82) is 0 Å². The van der Waals surface area contributed by atoms with Crippen LogP contribution in [0.25, 0.3) is 11.0 Å². The first-order chi connectivity index (χ1) is 10.1. The number of carbonyl (C=O) groups excluding carboxylic acids is 1. The van der Waals surface area contributed by atoms with Gasteiger partial charge in [0.25, 0.3) is 0 Å². The first-order valence-corrected chi connectivity index (χ1v) is 7.04. The molecule has 1 unspecified atom stereocenters. The predicted octanol–water partition coefficient (Wildman–Crippen LogP) is 1.36. The van der Waals surface area contributed by atoms with E-state index in [1.54, 1.807) is 18.2 Å². The fourth-order valence-electron chi connectivity index (χ4n) is 2.60. The zero-order valence-electron chi connectivity index (χ0n) is 11.5. The molecule has 0 spiro atoms. The van der Waals surface area contributed by atoms with Gasteiger partial charge in [0.15, 0.2) is 5.78 Å². The van der Waals surface area contributed by atoms with Gasteiger partial charge in [0, 0.05) is 18.6 Å². The van der Waals surface area contributed by atoms with Crippen molar-refractivity contribution >= 4 is 16.8 Å². The molecule has 3 rings (SSSR count). The Morgan fingerprint density at radius 2 is 1.95 bits per heavy atom. The fourth-order valence-corrected chi connectivity index (χ4v) is 2.60. The van der Waals surface area contributed by atoms with Crippen molar-refractivity contribution in [1.82, 2.24) is 9.97 Å². The molecule has 2 heterocycles. The molecule has 1 atom stereocenters. The van der Waals surface area contributed by atoms with Crippen LogP contribution in [-0.4, -0.2) is 28.5 Å². The van der Waals surface area contributed by atoms with Crippen molar-refractivity contribution in [2.24, 2.45) is 0 Å². The topological polar surface area (TPSA) is 92.0 Å². The second-order valence-electron chi connectivity index (χ2n) is 5.27. The summed E-state index contributed by atoms with van der Waals surface area (Å²) < 4.78 is 5.50. The van der Waals surface area contributed by atoms with Crippen LogP contribution in [0.3, 0.4) is 0 Å². The van der Waals surface area contributed by atoms with Crippen LogP contribution in [0.1, 0.15) is 36.0 Å². The summed E-state index contributed by atoms with van der Waals surface area (Å²) in [5.41, 5.74) is 0.0902. The molecule has 2 N–H and O–H groups in total. The number of aromatic amines is 2. The van der Waals surface area contributed by atoms with Crippen LogP contribution in [0.5, 0.6) is 0 Å². The minimum absolute atomic E-state index is 0.0134. The number of Topliss-reactive ketones (excluding diaryl/α,β-unsaturated/α-hetero) is 1. The molecule has 6 nitrogen and oxygen atoms in total. The second-order valence-corrected chi connectivity index (χ2v) is 5.27. The Labute approximate surface area is 120 Å². The number of hydrogen-bond acceptors (Lipinski definition) is 4. The minimum atomic E-state index is -0.716. The number of fused-ring (bicyclic) bond motifs is 1. The molecule has 1 aliphatic heterocycles. The van der Waals surface area contributed by atoms with Crippen LogP contribution >= 0.6 is 0 Å². The molecule has 110 valence electrons. The van der Waals surface area contributed by atoms with Gasteiger partial charge in [-0.25, -0.2) is 0 Å². The number of ketones is 1. The summed E-state index contributed by atoms with van der Waals surface area (Å²) in [5.74, 6) is 0.0134. The van der Waals surface area contributed by atoms with E-state index in [1.807, 2.05) is 0 Å². The number of H-pyrrole nitrogens is 2. The third kappa shape index (κ3) is 2.95. The average Bonchev–Trinajstić information content (AvgIpc) is 2.99. The van der Waals surface area contributed by atoms with E-state index in [2.05, 4.69) is 9.97 Å². The molecule has 0 saturated carbocycles. The Hall–Kier alpha value is -2.21. The van der Waals surface area contributed by atoms with E-state index in [-0.39, 0.29) is 11.9 Å². The van der Waals surface area contributed by atoms with Crippen molar-refractivity contribution in [3.8, 4) is 0 Å². The maximum Gasteiger partial charge on any atom is 0.314 e. The zero-order chi connectivity index (χ0) is 14.8. The Bertz CT molecular complexity index is 784. The van der Waals surface area contributed by atoms with Gasteiger partial charge >= 0.3 is 11.1 Å². The summed E-state index contributed by atoms with van der Waals surface area (Å²) in [6.07, 6.45) is 3.40. The molecule has 1 aromatic heterocycles. The number of benzene rings is 1. The van der Waals surface area contributed by atoms with Crippen LogP contribution in [0.4, 0.5) is 0 Å². The van der Waals surface area contributed by atoms with Crippen molar-refractivity contribution in [2.75, 3.05) is 6.61 Å². The zero-order valence-corrected chi connectivity index (χ0v) is 11.5. The highest BCUT2D eigenvalue weighted by Gasteiger charge is 2.17. The molecular formula is C15H16N2O4. The average molecular weight is 288 g/mol. The lowest BCUT2D eigenvalue weighted by atomic mass is 10.0. The molecule has 21 heavy (non-hydrogen) atoms. The van der Waals surface area contributed by atoms with E-state index in [0.29, 0.717) is 23.0 Å². The number of nitrogens with one attached hydrogen (secondary N) is 2. The van der Waals surface area contributed by atoms with Gasteiger partial charge in [-0.15, -0.1) is 0 Å². The molecule has 1 fully saturated rings. The highest BCUT2D eigenvalue weighted by molar-refractivity contribution is 5.98. The van der Waals surface area contributed by atoms with Gasteiger partial charge in [0.05, 0.1) is 17.1 Å².